The molecule has 43 heavy (non-hydrogen) atoms. The van der Waals surface area contributed by atoms with Gasteiger partial charge in [0.05, 0.1) is 18.1 Å². The quantitative estimate of drug-likeness (QED) is 0.237. The molecule has 0 aliphatic rings. The number of nitrogens with zero attached hydrogens (tertiary/aromatic N) is 1. The third-order valence-corrected chi connectivity index (χ3v) is 6.83. The first kappa shape index (κ1) is 35.7. The summed E-state index contributed by atoms with van der Waals surface area (Å²) in [5.74, 6) is -5.31. The van der Waals surface area contributed by atoms with Gasteiger partial charge in [-0.15, -0.1) is 0 Å². The van der Waals surface area contributed by atoms with Gasteiger partial charge in [0.1, 0.15) is 11.6 Å². The number of hydrogen-bond donors (Lipinski definition) is 3. The van der Waals surface area contributed by atoms with E-state index in [4.69, 9.17) is 0 Å². The molecule has 2 rings (SSSR count). The second-order valence-electron chi connectivity index (χ2n) is 10.8. The molecule has 0 bridgehead atoms. The smallest absolute Gasteiger partial charge is 0.391 e. The van der Waals surface area contributed by atoms with E-state index in [-0.39, 0.29) is 36.4 Å². The van der Waals surface area contributed by atoms with E-state index in [0.717, 1.165) is 31.9 Å². The molecule has 0 heterocycles. The van der Waals surface area contributed by atoms with Crippen molar-refractivity contribution >= 4 is 17.7 Å². The monoisotopic (exact) mass is 613 g/mol. The Bertz CT molecular complexity index is 1230. The molecule has 2 aromatic carbocycles. The number of rotatable bonds is 15. The van der Waals surface area contributed by atoms with Crippen molar-refractivity contribution in [1.82, 2.24) is 15.5 Å². The Morgan fingerprint density at radius 2 is 1.51 bits per heavy atom. The van der Waals surface area contributed by atoms with Crippen LogP contribution in [0.15, 0.2) is 36.4 Å². The molecule has 2 aromatic rings. The molecule has 0 radical (unpaired) electrons. The molecular weight excluding hydrogens is 573 g/mol. The van der Waals surface area contributed by atoms with Crippen LogP contribution in [0.4, 0.5) is 22.0 Å². The van der Waals surface area contributed by atoms with Gasteiger partial charge in [0.15, 0.2) is 0 Å². The third-order valence-electron chi connectivity index (χ3n) is 6.83. The second-order valence-corrected chi connectivity index (χ2v) is 10.8. The van der Waals surface area contributed by atoms with Crippen LogP contribution in [0.3, 0.4) is 0 Å². The summed E-state index contributed by atoms with van der Waals surface area (Å²) in [7, 11) is 0. The lowest BCUT2D eigenvalue weighted by Crippen LogP contribution is -2.46. The van der Waals surface area contributed by atoms with Crippen LogP contribution in [0, 0.1) is 24.5 Å². The van der Waals surface area contributed by atoms with Gasteiger partial charge in [0.2, 0.25) is 5.91 Å². The van der Waals surface area contributed by atoms with Gasteiger partial charge in [-0.2, -0.15) is 13.2 Å². The van der Waals surface area contributed by atoms with Crippen LogP contribution in [0.1, 0.15) is 78.3 Å². The summed E-state index contributed by atoms with van der Waals surface area (Å²) in [5, 5.41) is 15.9. The van der Waals surface area contributed by atoms with Crippen molar-refractivity contribution in [3.05, 3.63) is 70.3 Å². The molecule has 3 N–H and O–H groups in total. The third kappa shape index (κ3) is 11.6. The second kappa shape index (κ2) is 16.3. The number of nitrogens with one attached hydrogen (secondary N) is 2. The summed E-state index contributed by atoms with van der Waals surface area (Å²) in [6.07, 6.45) is -5.53. The molecule has 0 spiro atoms. The zero-order chi connectivity index (χ0) is 32.3. The topological polar surface area (TPSA) is 98.7 Å². The summed E-state index contributed by atoms with van der Waals surface area (Å²) in [6, 6.07) is 6.35. The maximum atomic E-state index is 13.9. The highest BCUT2D eigenvalue weighted by atomic mass is 19.4. The van der Waals surface area contributed by atoms with Crippen molar-refractivity contribution in [2.75, 3.05) is 19.6 Å². The summed E-state index contributed by atoms with van der Waals surface area (Å²) in [5.41, 5.74) is 1.23. The lowest BCUT2D eigenvalue weighted by molar-refractivity contribution is -0.174. The molecule has 0 saturated carbocycles. The van der Waals surface area contributed by atoms with E-state index in [1.54, 1.807) is 24.0 Å². The lowest BCUT2D eigenvalue weighted by Gasteiger charge is -2.25. The van der Waals surface area contributed by atoms with Crippen LogP contribution in [0.2, 0.25) is 0 Å². The summed E-state index contributed by atoms with van der Waals surface area (Å²) in [6.45, 7) is 7.40. The van der Waals surface area contributed by atoms with Crippen molar-refractivity contribution in [1.29, 1.82) is 0 Å². The van der Waals surface area contributed by atoms with Gasteiger partial charge >= 0.3 is 6.18 Å². The van der Waals surface area contributed by atoms with Crippen LogP contribution in [-0.2, 0) is 11.2 Å². The molecule has 3 atom stereocenters. The maximum absolute atomic E-state index is 13.9. The molecule has 0 aromatic heterocycles. The summed E-state index contributed by atoms with van der Waals surface area (Å²) < 4.78 is 66.0. The first-order valence-electron chi connectivity index (χ1n) is 14.3. The Balaban J connectivity index is 2.24. The van der Waals surface area contributed by atoms with Gasteiger partial charge < -0.3 is 20.6 Å². The minimum atomic E-state index is -4.53. The maximum Gasteiger partial charge on any atom is 0.392 e. The average molecular weight is 614 g/mol. The number of alkyl halides is 3. The first-order chi connectivity index (χ1) is 20.1. The van der Waals surface area contributed by atoms with Gasteiger partial charge in [0, 0.05) is 43.2 Å². The molecule has 1 unspecified atom stereocenters. The summed E-state index contributed by atoms with van der Waals surface area (Å²) in [4.78, 5) is 40.2. The molecule has 3 amide bonds. The van der Waals surface area contributed by atoms with Crippen molar-refractivity contribution in [2.24, 2.45) is 5.92 Å². The van der Waals surface area contributed by atoms with Gasteiger partial charge in [-0.3, -0.25) is 14.4 Å². The molecule has 0 saturated heterocycles. The van der Waals surface area contributed by atoms with Gasteiger partial charge in [-0.25, -0.2) is 8.78 Å². The first-order valence-corrected chi connectivity index (χ1v) is 14.3. The van der Waals surface area contributed by atoms with Crippen molar-refractivity contribution in [2.45, 2.75) is 78.1 Å². The number of halogens is 5. The van der Waals surface area contributed by atoms with Crippen molar-refractivity contribution in [3.63, 3.8) is 0 Å². The predicted octanol–water partition coefficient (Wildman–Crippen LogP) is 5.33. The highest BCUT2D eigenvalue weighted by Gasteiger charge is 2.37. The zero-order valence-corrected chi connectivity index (χ0v) is 24.9. The Morgan fingerprint density at radius 1 is 0.930 bits per heavy atom. The molecule has 238 valence electrons. The molecule has 0 fully saturated rings. The minimum Gasteiger partial charge on any atom is -0.391 e. The Morgan fingerprint density at radius 3 is 2.07 bits per heavy atom. The number of aliphatic hydroxyl groups excluding tert-OH is 1. The molecule has 0 aliphatic heterocycles. The van der Waals surface area contributed by atoms with Crippen molar-refractivity contribution < 1.29 is 41.4 Å². The number of benzene rings is 2. The van der Waals surface area contributed by atoms with E-state index < -0.39 is 54.1 Å². The van der Waals surface area contributed by atoms with Crippen LogP contribution in [-0.4, -0.2) is 65.7 Å². The van der Waals surface area contributed by atoms with Gasteiger partial charge in [0.25, 0.3) is 11.8 Å². The number of aliphatic hydroxyl groups is 1. The number of carbonyl (C=O) groups excluding carboxylic acids is 3. The summed E-state index contributed by atoms with van der Waals surface area (Å²) >= 11 is 0. The predicted molar refractivity (Wildman–Crippen MR) is 152 cm³/mol. The van der Waals surface area contributed by atoms with Crippen LogP contribution >= 0.6 is 0 Å². The number of carbonyl (C=O) groups is 3. The lowest BCUT2D eigenvalue weighted by atomic mass is 9.97. The Hall–Kier alpha value is -3.54. The highest BCUT2D eigenvalue weighted by molar-refractivity contribution is 6.00. The number of hydrogen-bond acceptors (Lipinski definition) is 4. The molecule has 7 nitrogen and oxygen atoms in total. The van der Waals surface area contributed by atoms with Crippen LogP contribution < -0.4 is 10.6 Å². The van der Waals surface area contributed by atoms with Gasteiger partial charge in [-0.1, -0.05) is 20.8 Å². The van der Waals surface area contributed by atoms with Crippen molar-refractivity contribution in [3.8, 4) is 0 Å². The fraction of sp³-hybridized carbons (Fsp3) is 0.516. The highest BCUT2D eigenvalue weighted by Crippen LogP contribution is 2.28. The fourth-order valence-electron chi connectivity index (χ4n) is 4.62. The largest absolute Gasteiger partial charge is 0.392 e. The minimum absolute atomic E-state index is 0.133. The molecule has 12 heteroatoms. The molecular formula is C31H40F5N3O4. The van der Waals surface area contributed by atoms with E-state index in [1.807, 2.05) is 13.8 Å². The average Bonchev–Trinajstić information content (AvgIpc) is 2.90. The van der Waals surface area contributed by atoms with Gasteiger partial charge in [-0.05, 0) is 74.1 Å². The van der Waals surface area contributed by atoms with E-state index >= 15 is 0 Å². The van der Waals surface area contributed by atoms with Crippen LogP contribution in [0.5, 0.6) is 0 Å². The zero-order valence-electron chi connectivity index (χ0n) is 24.9. The SMILES string of the molecule is CCCN(CCC)C(=O)c1cc(C)cc(C(=O)N[C@@H](Cc2cc(F)cc(F)c2)[C@H](O)CCNC(=O)CC(C)C(F)(F)F)c1. The Kier molecular flexibility index (Phi) is 13.6. The Labute approximate surface area is 248 Å². The van der Waals surface area contributed by atoms with E-state index in [2.05, 4.69) is 10.6 Å². The standard InChI is InChI=1S/C31H40F5N3O4/c1-5-9-39(10-6-2)30(43)23-12-19(3)11-22(17-23)29(42)38-26(16-21-14-24(32)18-25(33)15-21)27(40)7-8-37-28(41)13-20(4)31(34,35)36/h11-12,14-15,17-18,20,26-27,40H,5-10,13,16H2,1-4H3,(H,37,41)(H,38,42)/t20?,26-,27+/m0/s1. The van der Waals surface area contributed by atoms with E-state index in [0.29, 0.717) is 30.3 Å². The van der Waals surface area contributed by atoms with E-state index in [1.165, 1.54) is 6.07 Å². The number of amides is 3. The van der Waals surface area contributed by atoms with Crippen LogP contribution in [0.25, 0.3) is 0 Å². The normalized spacial score (nSPS) is 13.6. The number of aryl methyl sites for hydroxylation is 1. The molecule has 0 aliphatic carbocycles. The fourth-order valence-corrected chi connectivity index (χ4v) is 4.62. The van der Waals surface area contributed by atoms with E-state index in [9.17, 15) is 41.4 Å².